The first kappa shape index (κ1) is 14.2. The van der Waals surface area contributed by atoms with E-state index in [0.717, 1.165) is 4.57 Å². The van der Waals surface area contributed by atoms with Crippen LogP contribution in [0.1, 0.15) is 21.0 Å². The monoisotopic (exact) mass is 290 g/mol. The summed E-state index contributed by atoms with van der Waals surface area (Å²) in [5, 5.41) is 22.1. The molecule has 2 heterocycles. The van der Waals surface area contributed by atoms with Gasteiger partial charge in [-0.2, -0.15) is 0 Å². The topological polar surface area (TPSA) is 127 Å². The van der Waals surface area contributed by atoms with Gasteiger partial charge in [0.25, 0.3) is 5.91 Å². The van der Waals surface area contributed by atoms with Crippen molar-refractivity contribution >= 4 is 23.4 Å². The van der Waals surface area contributed by atoms with E-state index in [1.807, 2.05) is 0 Å². The molecule has 0 spiro atoms. The second-order valence-corrected chi connectivity index (χ2v) is 4.05. The van der Waals surface area contributed by atoms with Gasteiger partial charge >= 0.3 is 11.8 Å². The molecule has 0 saturated carbocycles. The number of aromatic nitrogens is 2. The van der Waals surface area contributed by atoms with Crippen molar-refractivity contribution in [2.45, 2.75) is 0 Å². The third-order valence-electron chi connectivity index (χ3n) is 2.77. The van der Waals surface area contributed by atoms with E-state index in [9.17, 15) is 19.7 Å². The highest BCUT2D eigenvalue weighted by molar-refractivity contribution is 6.06. The fourth-order valence-corrected chi connectivity index (χ4v) is 1.77. The van der Waals surface area contributed by atoms with Crippen LogP contribution in [0, 0.1) is 10.1 Å². The molecule has 0 aliphatic heterocycles. The molecule has 0 radical (unpaired) electrons. The van der Waals surface area contributed by atoms with Crippen LogP contribution < -0.4 is 5.32 Å². The average molecular weight is 290 g/mol. The molecule has 0 aromatic carbocycles. The Balaban J connectivity index is 2.31. The van der Waals surface area contributed by atoms with E-state index in [-0.39, 0.29) is 22.9 Å². The molecule has 9 nitrogen and oxygen atoms in total. The Labute approximate surface area is 118 Å². The van der Waals surface area contributed by atoms with Gasteiger partial charge in [-0.05, 0) is 23.1 Å². The minimum atomic E-state index is -1.29. The van der Waals surface area contributed by atoms with Gasteiger partial charge in [0, 0.05) is 12.3 Å². The number of hydrogen-bond acceptors (Lipinski definition) is 5. The van der Waals surface area contributed by atoms with E-state index in [0.29, 0.717) is 0 Å². The van der Waals surface area contributed by atoms with E-state index < -0.39 is 16.8 Å². The highest BCUT2D eigenvalue weighted by atomic mass is 16.6. The van der Waals surface area contributed by atoms with Gasteiger partial charge in [0.2, 0.25) is 0 Å². The van der Waals surface area contributed by atoms with E-state index in [1.54, 1.807) is 0 Å². The van der Waals surface area contributed by atoms with Crippen molar-refractivity contribution in [3.8, 4) is 0 Å². The Hall–Kier alpha value is -3.23. The predicted molar refractivity (Wildman–Crippen MR) is 71.2 cm³/mol. The molecule has 0 saturated heterocycles. The Morgan fingerprint density at radius 2 is 2.10 bits per heavy atom. The summed E-state index contributed by atoms with van der Waals surface area (Å²) < 4.78 is 1.10. The van der Waals surface area contributed by atoms with Crippen LogP contribution in [0.25, 0.3) is 0 Å². The second-order valence-electron chi connectivity index (χ2n) is 4.05. The fraction of sp³-hybridized carbons (Fsp3) is 0.0833. The van der Waals surface area contributed by atoms with E-state index in [4.69, 9.17) is 5.11 Å². The van der Waals surface area contributed by atoms with Gasteiger partial charge in [-0.25, -0.2) is 14.3 Å². The molecule has 0 fully saturated rings. The number of carboxylic acid groups (broad SMARTS) is 1. The van der Waals surface area contributed by atoms with Crippen LogP contribution in [0.3, 0.4) is 0 Å². The first-order valence-corrected chi connectivity index (χ1v) is 5.71. The minimum absolute atomic E-state index is 0.0128. The van der Waals surface area contributed by atoms with E-state index in [1.165, 1.54) is 37.5 Å². The summed E-state index contributed by atoms with van der Waals surface area (Å²) >= 11 is 0. The van der Waals surface area contributed by atoms with Crippen LogP contribution in [0.4, 0.5) is 11.5 Å². The number of rotatable bonds is 4. The summed E-state index contributed by atoms with van der Waals surface area (Å²) in [6.45, 7) is 0. The Bertz CT molecular complexity index is 737. The standard InChI is InChI=1S/C12H10N4O5/c1-15-8(4-5-9(15)16(20)21)11(17)14-7-3-2-6-13-10(7)12(18)19/h2-6H,1H3,(H,14,17)(H,18,19). The molecular formula is C12H10N4O5. The zero-order valence-electron chi connectivity index (χ0n) is 10.8. The average Bonchev–Trinajstić information content (AvgIpc) is 2.81. The Morgan fingerprint density at radius 1 is 1.38 bits per heavy atom. The molecule has 2 aromatic rings. The molecule has 0 aliphatic rings. The lowest BCUT2D eigenvalue weighted by Crippen LogP contribution is -2.18. The van der Waals surface area contributed by atoms with Crippen LogP contribution in [0.2, 0.25) is 0 Å². The van der Waals surface area contributed by atoms with Gasteiger partial charge < -0.3 is 20.5 Å². The number of carbonyl (C=O) groups excluding carboxylic acids is 1. The van der Waals surface area contributed by atoms with Gasteiger partial charge in [0.15, 0.2) is 11.4 Å². The first-order valence-electron chi connectivity index (χ1n) is 5.71. The van der Waals surface area contributed by atoms with Gasteiger partial charge in [0.1, 0.15) is 0 Å². The van der Waals surface area contributed by atoms with E-state index >= 15 is 0 Å². The lowest BCUT2D eigenvalue weighted by molar-refractivity contribution is -0.391. The van der Waals surface area contributed by atoms with Gasteiger partial charge in [0.05, 0.1) is 12.7 Å². The highest BCUT2D eigenvalue weighted by Gasteiger charge is 2.22. The number of amides is 1. The van der Waals surface area contributed by atoms with Crippen molar-refractivity contribution < 1.29 is 19.6 Å². The number of nitrogens with one attached hydrogen (secondary N) is 1. The molecule has 1 amide bonds. The number of carbonyl (C=O) groups is 2. The zero-order valence-corrected chi connectivity index (χ0v) is 10.8. The third kappa shape index (κ3) is 2.71. The van der Waals surface area contributed by atoms with Gasteiger partial charge in [-0.15, -0.1) is 0 Å². The quantitative estimate of drug-likeness (QED) is 0.644. The van der Waals surface area contributed by atoms with Crippen molar-refractivity contribution in [2.75, 3.05) is 5.32 Å². The van der Waals surface area contributed by atoms with Crippen LogP contribution in [-0.2, 0) is 7.05 Å². The van der Waals surface area contributed by atoms with Crippen LogP contribution in [0.15, 0.2) is 30.5 Å². The molecule has 0 bridgehead atoms. The van der Waals surface area contributed by atoms with Crippen molar-refractivity contribution in [3.63, 3.8) is 0 Å². The maximum atomic E-state index is 12.1. The number of aromatic carboxylic acids is 1. The molecule has 0 atom stereocenters. The lowest BCUT2D eigenvalue weighted by Gasteiger charge is -2.06. The molecule has 2 aromatic heterocycles. The lowest BCUT2D eigenvalue weighted by atomic mass is 10.3. The largest absolute Gasteiger partial charge is 0.476 e. The second kappa shape index (κ2) is 5.41. The molecule has 2 N–H and O–H groups in total. The predicted octanol–water partition coefficient (Wildman–Crippen LogP) is 1.28. The maximum absolute atomic E-state index is 12.1. The number of nitro groups is 1. The van der Waals surface area contributed by atoms with Crippen molar-refractivity contribution in [1.82, 2.24) is 9.55 Å². The summed E-state index contributed by atoms with van der Waals surface area (Å²) in [6.07, 6.45) is 1.28. The zero-order chi connectivity index (χ0) is 15.6. The normalized spacial score (nSPS) is 10.1. The molecule has 9 heteroatoms. The Kier molecular flexibility index (Phi) is 3.65. The van der Waals surface area contributed by atoms with Gasteiger partial charge in [-0.3, -0.25) is 4.79 Å². The summed E-state index contributed by atoms with van der Waals surface area (Å²) in [5.41, 5.74) is -0.268. The summed E-state index contributed by atoms with van der Waals surface area (Å²) in [4.78, 5) is 36.8. The summed E-state index contributed by atoms with van der Waals surface area (Å²) in [7, 11) is 1.37. The molecular weight excluding hydrogens is 280 g/mol. The molecule has 0 unspecified atom stereocenters. The number of carboxylic acids is 1. The van der Waals surface area contributed by atoms with Crippen molar-refractivity contribution in [3.05, 3.63) is 52.0 Å². The van der Waals surface area contributed by atoms with Crippen LogP contribution in [0.5, 0.6) is 0 Å². The molecule has 108 valence electrons. The fourth-order valence-electron chi connectivity index (χ4n) is 1.77. The number of hydrogen-bond donors (Lipinski definition) is 2. The van der Waals surface area contributed by atoms with Crippen molar-refractivity contribution in [2.24, 2.45) is 7.05 Å². The first-order chi connectivity index (χ1) is 9.91. The summed E-state index contributed by atoms with van der Waals surface area (Å²) in [5.74, 6) is -2.20. The smallest absolute Gasteiger partial charge is 0.356 e. The maximum Gasteiger partial charge on any atom is 0.356 e. The SMILES string of the molecule is Cn1c(C(=O)Nc2cccnc2C(=O)O)ccc1[N+](=O)[O-]. The number of anilines is 1. The molecule has 21 heavy (non-hydrogen) atoms. The van der Waals surface area contributed by atoms with Gasteiger partial charge in [-0.1, -0.05) is 0 Å². The van der Waals surface area contributed by atoms with Crippen LogP contribution in [-0.4, -0.2) is 31.5 Å². The van der Waals surface area contributed by atoms with Crippen LogP contribution >= 0.6 is 0 Å². The van der Waals surface area contributed by atoms with Crippen molar-refractivity contribution in [1.29, 1.82) is 0 Å². The molecule has 2 rings (SSSR count). The summed E-state index contributed by atoms with van der Waals surface area (Å²) in [6, 6.07) is 5.32. The van der Waals surface area contributed by atoms with E-state index in [2.05, 4.69) is 10.3 Å². The molecule has 0 aliphatic carbocycles. The minimum Gasteiger partial charge on any atom is -0.476 e. The Morgan fingerprint density at radius 3 is 2.67 bits per heavy atom. The number of pyridine rings is 1. The third-order valence-corrected chi connectivity index (χ3v) is 2.77. The highest BCUT2D eigenvalue weighted by Crippen LogP contribution is 2.18. The number of nitrogens with zero attached hydrogens (tertiary/aromatic N) is 3.